The first-order valence-electron chi connectivity index (χ1n) is 6.33. The Morgan fingerprint density at radius 2 is 2.17 bits per heavy atom. The van der Waals surface area contributed by atoms with Gasteiger partial charge in [-0.1, -0.05) is 24.3 Å². The molecule has 18 heavy (non-hydrogen) atoms. The third kappa shape index (κ3) is 3.06. The van der Waals surface area contributed by atoms with Crippen LogP contribution in [-0.4, -0.2) is 29.1 Å². The molecule has 1 aliphatic rings. The Hall–Kier alpha value is -1.00. The molecule has 0 radical (unpaired) electrons. The number of rotatable bonds is 4. The van der Waals surface area contributed by atoms with Crippen molar-refractivity contribution in [1.82, 2.24) is 0 Å². The van der Waals surface area contributed by atoms with Crippen molar-refractivity contribution in [3.63, 3.8) is 0 Å². The molecule has 0 bridgehead atoms. The predicted octanol–water partition coefficient (Wildman–Crippen LogP) is 2.42. The molecule has 1 saturated heterocycles. The van der Waals surface area contributed by atoms with E-state index in [1.54, 1.807) is 0 Å². The molecule has 4 heteroatoms. The van der Waals surface area contributed by atoms with E-state index in [1.165, 1.54) is 29.9 Å². The normalized spacial score (nSPS) is 18.5. The molecule has 0 amide bonds. The highest BCUT2D eigenvalue weighted by molar-refractivity contribution is 7.99. The lowest BCUT2D eigenvalue weighted by molar-refractivity contribution is -0.138. The van der Waals surface area contributed by atoms with Crippen molar-refractivity contribution in [3.8, 4) is 0 Å². The van der Waals surface area contributed by atoms with Crippen molar-refractivity contribution in [2.75, 3.05) is 18.1 Å². The zero-order valence-electron chi connectivity index (χ0n) is 10.3. The standard InChI is InChI=1S/C14H19NO2S/c15-9-13(14(16)17)12-3-1-2-11(8-12)10-4-6-18-7-5-10/h1-3,8,10,13H,4-7,9,15H2,(H,16,17). The molecule has 2 rings (SSSR count). The molecule has 0 spiro atoms. The van der Waals surface area contributed by atoms with Gasteiger partial charge in [0.1, 0.15) is 0 Å². The summed E-state index contributed by atoms with van der Waals surface area (Å²) in [5.41, 5.74) is 7.65. The minimum Gasteiger partial charge on any atom is -0.481 e. The van der Waals surface area contributed by atoms with Gasteiger partial charge in [0, 0.05) is 6.54 Å². The molecule has 3 N–H and O–H groups in total. The molecule has 3 nitrogen and oxygen atoms in total. The number of aliphatic carboxylic acids is 1. The van der Waals surface area contributed by atoms with Crippen molar-refractivity contribution in [2.45, 2.75) is 24.7 Å². The van der Waals surface area contributed by atoms with E-state index in [9.17, 15) is 4.79 Å². The fraction of sp³-hybridized carbons (Fsp3) is 0.500. The molecule has 1 aromatic rings. The second-order valence-electron chi connectivity index (χ2n) is 4.68. The summed E-state index contributed by atoms with van der Waals surface area (Å²) in [5.74, 6) is 1.57. The average molecular weight is 265 g/mol. The summed E-state index contributed by atoms with van der Waals surface area (Å²) in [6.07, 6.45) is 2.38. The van der Waals surface area contributed by atoms with E-state index in [0.717, 1.165) is 5.56 Å². The Balaban J connectivity index is 2.20. The summed E-state index contributed by atoms with van der Waals surface area (Å²) in [6, 6.07) is 7.97. The van der Waals surface area contributed by atoms with E-state index in [2.05, 4.69) is 6.07 Å². The highest BCUT2D eigenvalue weighted by atomic mass is 32.2. The summed E-state index contributed by atoms with van der Waals surface area (Å²) < 4.78 is 0. The fourth-order valence-corrected chi connectivity index (χ4v) is 3.55. The van der Waals surface area contributed by atoms with Crippen LogP contribution in [0.1, 0.15) is 35.8 Å². The van der Waals surface area contributed by atoms with Crippen LogP contribution in [0.3, 0.4) is 0 Å². The fourth-order valence-electron chi connectivity index (χ4n) is 2.44. The lowest BCUT2D eigenvalue weighted by Crippen LogP contribution is -2.21. The van der Waals surface area contributed by atoms with Crippen LogP contribution in [0.15, 0.2) is 24.3 Å². The molecule has 0 aliphatic carbocycles. The Labute approximate surface area is 112 Å². The molecular formula is C14H19NO2S. The van der Waals surface area contributed by atoms with Crippen molar-refractivity contribution >= 4 is 17.7 Å². The third-order valence-corrected chi connectivity index (χ3v) is 4.59. The molecule has 1 aliphatic heterocycles. The molecule has 1 atom stereocenters. The molecular weight excluding hydrogens is 246 g/mol. The highest BCUT2D eigenvalue weighted by Crippen LogP contribution is 2.32. The van der Waals surface area contributed by atoms with Gasteiger partial charge in [-0.3, -0.25) is 4.79 Å². The van der Waals surface area contributed by atoms with Crippen LogP contribution in [0.25, 0.3) is 0 Å². The number of carboxylic acids is 1. The largest absolute Gasteiger partial charge is 0.481 e. The number of hydrogen-bond donors (Lipinski definition) is 2. The summed E-state index contributed by atoms with van der Waals surface area (Å²) >= 11 is 2.00. The van der Waals surface area contributed by atoms with Gasteiger partial charge in [-0.2, -0.15) is 11.8 Å². The minimum absolute atomic E-state index is 0.152. The van der Waals surface area contributed by atoms with Crippen LogP contribution in [-0.2, 0) is 4.79 Å². The van der Waals surface area contributed by atoms with Crippen LogP contribution >= 0.6 is 11.8 Å². The van der Waals surface area contributed by atoms with Gasteiger partial charge in [0.25, 0.3) is 0 Å². The first-order chi connectivity index (χ1) is 8.72. The quantitative estimate of drug-likeness (QED) is 0.877. The van der Waals surface area contributed by atoms with Crippen molar-refractivity contribution in [2.24, 2.45) is 5.73 Å². The number of hydrogen-bond acceptors (Lipinski definition) is 3. The van der Waals surface area contributed by atoms with E-state index in [-0.39, 0.29) is 6.54 Å². The van der Waals surface area contributed by atoms with Gasteiger partial charge in [-0.15, -0.1) is 0 Å². The third-order valence-electron chi connectivity index (χ3n) is 3.54. The molecule has 0 saturated carbocycles. The molecule has 1 fully saturated rings. The first-order valence-corrected chi connectivity index (χ1v) is 7.48. The monoisotopic (exact) mass is 265 g/mol. The van der Waals surface area contributed by atoms with Crippen LogP contribution in [0, 0.1) is 0 Å². The maximum Gasteiger partial charge on any atom is 0.312 e. The topological polar surface area (TPSA) is 63.3 Å². The summed E-state index contributed by atoms with van der Waals surface area (Å²) in [6.45, 7) is 0.152. The molecule has 0 aromatic heterocycles. The van der Waals surface area contributed by atoms with Gasteiger partial charge in [0.2, 0.25) is 0 Å². The first kappa shape index (κ1) is 13.4. The SMILES string of the molecule is NCC(C(=O)O)c1cccc(C2CCSCC2)c1. The summed E-state index contributed by atoms with van der Waals surface area (Å²) in [5, 5.41) is 9.14. The van der Waals surface area contributed by atoms with Crippen LogP contribution in [0.2, 0.25) is 0 Å². The van der Waals surface area contributed by atoms with Crippen molar-refractivity contribution in [3.05, 3.63) is 35.4 Å². The summed E-state index contributed by atoms with van der Waals surface area (Å²) in [4.78, 5) is 11.1. The van der Waals surface area contributed by atoms with Crippen LogP contribution in [0.5, 0.6) is 0 Å². The van der Waals surface area contributed by atoms with E-state index in [0.29, 0.717) is 5.92 Å². The Bertz CT molecular complexity index is 416. The number of thioether (sulfide) groups is 1. The predicted molar refractivity (Wildman–Crippen MR) is 75.2 cm³/mol. The zero-order chi connectivity index (χ0) is 13.0. The lowest BCUT2D eigenvalue weighted by Gasteiger charge is -2.22. The maximum absolute atomic E-state index is 11.1. The Morgan fingerprint density at radius 1 is 1.44 bits per heavy atom. The van der Waals surface area contributed by atoms with Gasteiger partial charge in [-0.05, 0) is 41.4 Å². The van der Waals surface area contributed by atoms with Crippen LogP contribution in [0.4, 0.5) is 0 Å². The lowest BCUT2D eigenvalue weighted by atomic mass is 9.89. The second kappa shape index (κ2) is 6.25. The number of benzene rings is 1. The van der Waals surface area contributed by atoms with Gasteiger partial charge < -0.3 is 10.8 Å². The maximum atomic E-state index is 11.1. The van der Waals surface area contributed by atoms with Gasteiger partial charge >= 0.3 is 5.97 Å². The molecule has 1 unspecified atom stereocenters. The van der Waals surface area contributed by atoms with Crippen molar-refractivity contribution in [1.29, 1.82) is 0 Å². The van der Waals surface area contributed by atoms with Gasteiger partial charge in [0.15, 0.2) is 0 Å². The minimum atomic E-state index is -0.839. The van der Waals surface area contributed by atoms with Gasteiger partial charge in [0.05, 0.1) is 5.92 Å². The average Bonchev–Trinajstić information content (AvgIpc) is 2.40. The van der Waals surface area contributed by atoms with E-state index in [4.69, 9.17) is 10.8 Å². The highest BCUT2D eigenvalue weighted by Gasteiger charge is 2.20. The Morgan fingerprint density at radius 3 is 2.78 bits per heavy atom. The van der Waals surface area contributed by atoms with E-state index >= 15 is 0 Å². The zero-order valence-corrected chi connectivity index (χ0v) is 11.2. The van der Waals surface area contributed by atoms with E-state index in [1.807, 2.05) is 30.0 Å². The smallest absolute Gasteiger partial charge is 0.312 e. The molecule has 98 valence electrons. The van der Waals surface area contributed by atoms with Crippen molar-refractivity contribution < 1.29 is 9.90 Å². The Kier molecular flexibility index (Phi) is 4.66. The number of carboxylic acid groups (broad SMARTS) is 1. The second-order valence-corrected chi connectivity index (χ2v) is 5.91. The summed E-state index contributed by atoms with van der Waals surface area (Å²) in [7, 11) is 0. The van der Waals surface area contributed by atoms with E-state index < -0.39 is 11.9 Å². The number of carbonyl (C=O) groups is 1. The molecule has 1 aromatic carbocycles. The molecule has 1 heterocycles. The van der Waals surface area contributed by atoms with Crippen LogP contribution < -0.4 is 5.73 Å². The van der Waals surface area contributed by atoms with Gasteiger partial charge in [-0.25, -0.2) is 0 Å². The number of nitrogens with two attached hydrogens (primary N) is 1.